The molecule has 2 aromatic carbocycles. The smallest absolute Gasteiger partial charge is 0.266 e. The van der Waals surface area contributed by atoms with Gasteiger partial charge in [-0.1, -0.05) is 47.5 Å². The summed E-state index contributed by atoms with van der Waals surface area (Å²) in [6.45, 7) is 4.65. The number of benzene rings is 2. The number of hydrogen-bond acceptors (Lipinski definition) is 7. The minimum absolute atomic E-state index is 0.0553. The van der Waals surface area contributed by atoms with Gasteiger partial charge >= 0.3 is 0 Å². The van der Waals surface area contributed by atoms with Crippen molar-refractivity contribution in [3.8, 4) is 0 Å². The molecule has 34 heavy (non-hydrogen) atoms. The maximum Gasteiger partial charge on any atom is 0.266 e. The molecule has 4 N–H and O–H groups in total. The van der Waals surface area contributed by atoms with E-state index in [2.05, 4.69) is 25.7 Å². The number of rotatable bonds is 12. The summed E-state index contributed by atoms with van der Waals surface area (Å²) in [6, 6.07) is 6.66. The quantitative estimate of drug-likeness (QED) is 0.221. The number of anilines is 3. The number of sulfonamides is 1. The number of aromatic nitrogens is 1. The first-order chi connectivity index (χ1) is 16.2. The molecule has 0 saturated carbocycles. The van der Waals surface area contributed by atoms with E-state index in [9.17, 15) is 17.2 Å². The van der Waals surface area contributed by atoms with Crippen LogP contribution in [0.5, 0.6) is 0 Å². The summed E-state index contributed by atoms with van der Waals surface area (Å²) in [6.07, 6.45) is 2.14. The Morgan fingerprint density at radius 1 is 1.03 bits per heavy atom. The Balaban J connectivity index is 1.72. The third-order valence-corrected chi connectivity index (χ3v) is 7.40. The van der Waals surface area contributed by atoms with E-state index < -0.39 is 26.6 Å². The van der Waals surface area contributed by atoms with Crippen molar-refractivity contribution in [2.24, 2.45) is 0 Å². The van der Waals surface area contributed by atoms with Gasteiger partial charge in [0.25, 0.3) is 10.0 Å². The molecule has 0 aliphatic rings. The largest absolute Gasteiger partial charge is 0.385 e. The number of thiazole rings is 1. The van der Waals surface area contributed by atoms with Crippen LogP contribution in [-0.4, -0.2) is 33.0 Å². The van der Waals surface area contributed by atoms with Gasteiger partial charge in [0, 0.05) is 29.9 Å². The Bertz CT molecular complexity index is 1240. The fourth-order valence-corrected chi connectivity index (χ4v) is 5.31. The van der Waals surface area contributed by atoms with Gasteiger partial charge in [0.1, 0.15) is 20.9 Å². The molecule has 0 bridgehead atoms. The minimum Gasteiger partial charge on any atom is -0.385 e. The molecule has 0 spiro atoms. The SMILES string of the molecule is CCNCCCNc1cc(Cl)ccc1CNc1cc(F)c(S(=O)(=O)Nc2ncc(Cl)s2)cc1F. The van der Waals surface area contributed by atoms with E-state index in [1.807, 2.05) is 6.92 Å². The van der Waals surface area contributed by atoms with Crippen LogP contribution in [0, 0.1) is 11.6 Å². The molecule has 13 heteroatoms. The lowest BCUT2D eigenvalue weighted by molar-refractivity contribution is 0.557. The molecule has 3 rings (SSSR count). The van der Waals surface area contributed by atoms with Crippen LogP contribution in [0.25, 0.3) is 0 Å². The summed E-state index contributed by atoms with van der Waals surface area (Å²) in [5.74, 6) is -2.04. The second-order valence-electron chi connectivity index (χ2n) is 7.13. The van der Waals surface area contributed by atoms with Crippen LogP contribution in [0.3, 0.4) is 0 Å². The molecule has 0 fully saturated rings. The first-order valence-corrected chi connectivity index (χ1v) is 13.3. The third kappa shape index (κ3) is 7.16. The maximum atomic E-state index is 14.7. The average Bonchev–Trinajstić information content (AvgIpc) is 3.18. The highest BCUT2D eigenvalue weighted by Gasteiger charge is 2.23. The summed E-state index contributed by atoms with van der Waals surface area (Å²) in [4.78, 5) is 2.92. The van der Waals surface area contributed by atoms with Crippen LogP contribution < -0.4 is 20.7 Å². The van der Waals surface area contributed by atoms with E-state index in [-0.39, 0.29) is 21.7 Å². The molecular formula is C21H23Cl2F2N5O2S2. The third-order valence-electron chi connectivity index (χ3n) is 4.65. The molecule has 7 nitrogen and oxygen atoms in total. The molecule has 0 amide bonds. The van der Waals surface area contributed by atoms with Gasteiger partial charge in [0.05, 0.1) is 11.9 Å². The first kappa shape index (κ1) is 26.4. The Kier molecular flexibility index (Phi) is 9.31. The molecule has 3 aromatic rings. The molecular weight excluding hydrogens is 527 g/mol. The molecule has 0 saturated heterocycles. The second kappa shape index (κ2) is 12.0. The highest BCUT2D eigenvalue weighted by molar-refractivity contribution is 7.93. The molecule has 0 radical (unpaired) electrons. The summed E-state index contributed by atoms with van der Waals surface area (Å²) in [5, 5.41) is 9.84. The Morgan fingerprint density at radius 3 is 2.53 bits per heavy atom. The van der Waals surface area contributed by atoms with E-state index in [0.29, 0.717) is 17.6 Å². The number of hydrogen-bond donors (Lipinski definition) is 4. The average molecular weight is 550 g/mol. The van der Waals surface area contributed by atoms with Crippen molar-refractivity contribution in [1.82, 2.24) is 10.3 Å². The standard InChI is InChI=1S/C21H23Cl2F2N5O2S2/c1-2-26-6-3-7-27-17-8-14(22)5-4-13(17)11-28-18-9-16(25)19(10-15(18)24)34(31,32)30-21-29-12-20(23)33-21/h4-5,8-10,12,26-28H,2-3,6-7,11H2,1H3,(H,29,30). The van der Waals surface area contributed by atoms with Crippen LogP contribution in [-0.2, 0) is 16.6 Å². The van der Waals surface area contributed by atoms with Gasteiger partial charge in [-0.15, -0.1) is 0 Å². The van der Waals surface area contributed by atoms with E-state index in [1.165, 1.54) is 6.20 Å². The lowest BCUT2D eigenvalue weighted by Gasteiger charge is -2.15. The molecule has 184 valence electrons. The lowest BCUT2D eigenvalue weighted by Crippen LogP contribution is -2.17. The van der Waals surface area contributed by atoms with Crippen molar-refractivity contribution in [2.45, 2.75) is 24.8 Å². The molecule has 0 aliphatic heterocycles. The lowest BCUT2D eigenvalue weighted by atomic mass is 10.1. The van der Waals surface area contributed by atoms with E-state index >= 15 is 0 Å². The van der Waals surface area contributed by atoms with Crippen LogP contribution >= 0.6 is 34.5 Å². The summed E-state index contributed by atoms with van der Waals surface area (Å²) < 4.78 is 56.6. The molecule has 1 aromatic heterocycles. The highest BCUT2D eigenvalue weighted by Crippen LogP contribution is 2.29. The van der Waals surface area contributed by atoms with Crippen LogP contribution in [0.2, 0.25) is 9.36 Å². The first-order valence-electron chi connectivity index (χ1n) is 10.3. The van der Waals surface area contributed by atoms with Crippen molar-refractivity contribution in [3.05, 3.63) is 63.1 Å². The molecule has 0 atom stereocenters. The van der Waals surface area contributed by atoms with Gasteiger partial charge < -0.3 is 16.0 Å². The van der Waals surface area contributed by atoms with Gasteiger partial charge in [0.2, 0.25) is 0 Å². The van der Waals surface area contributed by atoms with E-state index in [1.54, 1.807) is 18.2 Å². The summed E-state index contributed by atoms with van der Waals surface area (Å²) in [7, 11) is -4.40. The Labute approximate surface area is 210 Å². The van der Waals surface area contributed by atoms with Gasteiger partial charge in [0.15, 0.2) is 5.13 Å². The van der Waals surface area contributed by atoms with Gasteiger partial charge in [-0.3, -0.25) is 4.72 Å². The van der Waals surface area contributed by atoms with E-state index in [0.717, 1.165) is 48.2 Å². The number of nitrogens with zero attached hydrogens (tertiary/aromatic N) is 1. The summed E-state index contributed by atoms with van der Waals surface area (Å²) >= 11 is 12.7. The predicted molar refractivity (Wildman–Crippen MR) is 135 cm³/mol. The Morgan fingerprint density at radius 2 is 1.82 bits per heavy atom. The maximum absolute atomic E-state index is 14.7. The zero-order valence-corrected chi connectivity index (χ0v) is 21.2. The molecule has 0 unspecified atom stereocenters. The topological polar surface area (TPSA) is 95.1 Å². The van der Waals surface area contributed by atoms with Gasteiger partial charge in [-0.05, 0) is 43.3 Å². The van der Waals surface area contributed by atoms with Crippen molar-refractivity contribution in [3.63, 3.8) is 0 Å². The van der Waals surface area contributed by atoms with Crippen molar-refractivity contribution in [1.29, 1.82) is 0 Å². The highest BCUT2D eigenvalue weighted by atomic mass is 35.5. The molecule has 1 heterocycles. The van der Waals surface area contributed by atoms with Crippen molar-refractivity contribution < 1.29 is 17.2 Å². The minimum atomic E-state index is -4.40. The van der Waals surface area contributed by atoms with Crippen molar-refractivity contribution in [2.75, 3.05) is 35.0 Å². The van der Waals surface area contributed by atoms with Crippen molar-refractivity contribution >= 4 is 61.1 Å². The normalized spacial score (nSPS) is 11.4. The molecule has 0 aliphatic carbocycles. The van der Waals surface area contributed by atoms with E-state index in [4.69, 9.17) is 23.2 Å². The second-order valence-corrected chi connectivity index (χ2v) is 10.9. The zero-order valence-electron chi connectivity index (χ0n) is 18.1. The monoisotopic (exact) mass is 549 g/mol. The van der Waals surface area contributed by atoms with Crippen LogP contribution in [0.1, 0.15) is 18.9 Å². The zero-order chi connectivity index (χ0) is 24.7. The number of nitrogens with one attached hydrogen (secondary N) is 4. The fraction of sp³-hybridized carbons (Fsp3) is 0.286. The Hall–Kier alpha value is -2.18. The predicted octanol–water partition coefficient (Wildman–Crippen LogP) is 5.55. The van der Waals surface area contributed by atoms with Crippen LogP contribution in [0.15, 0.2) is 41.4 Å². The fourth-order valence-electron chi connectivity index (χ4n) is 3.01. The number of halogens is 4. The van der Waals surface area contributed by atoms with Gasteiger partial charge in [-0.25, -0.2) is 22.2 Å². The van der Waals surface area contributed by atoms with Crippen LogP contribution in [0.4, 0.5) is 25.3 Å². The van der Waals surface area contributed by atoms with Gasteiger partial charge in [-0.2, -0.15) is 0 Å². The summed E-state index contributed by atoms with van der Waals surface area (Å²) in [5.41, 5.74) is 1.37.